The van der Waals surface area contributed by atoms with Gasteiger partial charge in [-0.1, -0.05) is 0 Å². The number of fused-ring (bicyclic) bond motifs is 1. The van der Waals surface area contributed by atoms with E-state index in [0.717, 1.165) is 21.4 Å². The molecule has 1 heterocycles. The monoisotopic (exact) mass is 308 g/mol. The Bertz CT molecular complexity index is 659. The minimum Gasteiger partial charge on any atom is -0.490 e. The third-order valence-electron chi connectivity index (χ3n) is 2.83. The molecule has 0 amide bonds. The molecule has 5 nitrogen and oxygen atoms in total. The highest BCUT2D eigenvalue weighted by Gasteiger charge is 2.13. The lowest BCUT2D eigenvalue weighted by atomic mass is 10.1. The predicted octanol–water partition coefficient (Wildman–Crippen LogP) is 3.04. The van der Waals surface area contributed by atoms with Crippen molar-refractivity contribution >= 4 is 33.5 Å². The molecule has 1 aromatic heterocycles. The summed E-state index contributed by atoms with van der Waals surface area (Å²) in [5, 5.41) is 2.93. The number of ether oxygens (including phenoxy) is 4. The number of carbonyl (C=O) groups excluding carboxylic acids is 1. The fourth-order valence-electron chi connectivity index (χ4n) is 1.86. The predicted molar refractivity (Wildman–Crippen MR) is 81.3 cm³/mol. The molecule has 6 heteroatoms. The summed E-state index contributed by atoms with van der Waals surface area (Å²) < 4.78 is 21.2. The van der Waals surface area contributed by atoms with Gasteiger partial charge in [-0.05, 0) is 35.2 Å². The molecule has 2 rings (SSSR count). The minimum atomic E-state index is -0.512. The Labute approximate surface area is 126 Å². The molecule has 0 aliphatic carbocycles. The standard InChI is InChI=1S/C15H16O5S/c1-17-9-20-12-5-4-10(14-11(12)6-7-21-14)8-13(18-2)15(16)19-3/h4-8H,9H2,1-3H3/b13-8-. The molecule has 0 unspecified atom stereocenters. The summed E-state index contributed by atoms with van der Waals surface area (Å²) >= 11 is 1.56. The number of thiophene rings is 1. The van der Waals surface area contributed by atoms with Crippen molar-refractivity contribution in [3.8, 4) is 5.75 Å². The summed E-state index contributed by atoms with van der Waals surface area (Å²) in [5.41, 5.74) is 0.868. The summed E-state index contributed by atoms with van der Waals surface area (Å²) in [6.45, 7) is 0.186. The molecule has 1 aromatic carbocycles. The average Bonchev–Trinajstić information content (AvgIpc) is 3.00. The van der Waals surface area contributed by atoms with E-state index in [-0.39, 0.29) is 12.6 Å². The van der Waals surface area contributed by atoms with Crippen molar-refractivity contribution in [2.24, 2.45) is 0 Å². The Kier molecular flexibility index (Phi) is 5.19. The highest BCUT2D eigenvalue weighted by Crippen LogP contribution is 2.34. The molecule has 0 atom stereocenters. The lowest BCUT2D eigenvalue weighted by molar-refractivity contribution is -0.139. The fourth-order valence-corrected chi connectivity index (χ4v) is 2.76. The number of benzene rings is 1. The summed E-state index contributed by atoms with van der Waals surface area (Å²) in [6, 6.07) is 5.67. The second-order valence-corrected chi connectivity index (χ2v) is 4.99. The largest absolute Gasteiger partial charge is 0.490 e. The van der Waals surface area contributed by atoms with Gasteiger partial charge in [-0.15, -0.1) is 11.3 Å². The number of hydrogen-bond acceptors (Lipinski definition) is 6. The fraction of sp³-hybridized carbons (Fsp3) is 0.267. The Morgan fingerprint density at radius 3 is 2.67 bits per heavy atom. The Hall–Kier alpha value is -2.05. The van der Waals surface area contributed by atoms with E-state index < -0.39 is 5.97 Å². The van der Waals surface area contributed by atoms with Crippen LogP contribution in [0.2, 0.25) is 0 Å². The zero-order valence-electron chi connectivity index (χ0n) is 12.0. The van der Waals surface area contributed by atoms with Crippen LogP contribution < -0.4 is 4.74 Å². The van der Waals surface area contributed by atoms with Gasteiger partial charge in [0, 0.05) is 17.2 Å². The number of methoxy groups -OCH3 is 3. The van der Waals surface area contributed by atoms with Crippen molar-refractivity contribution in [1.82, 2.24) is 0 Å². The molecule has 0 saturated carbocycles. The normalized spacial score (nSPS) is 11.5. The molecule has 112 valence electrons. The topological polar surface area (TPSA) is 54.0 Å². The second-order valence-electron chi connectivity index (χ2n) is 4.07. The van der Waals surface area contributed by atoms with Crippen LogP contribution in [0, 0.1) is 0 Å². The van der Waals surface area contributed by atoms with E-state index >= 15 is 0 Å². The van der Waals surface area contributed by atoms with Crippen LogP contribution in [-0.2, 0) is 19.0 Å². The molecule has 0 aliphatic heterocycles. The first-order chi connectivity index (χ1) is 10.2. The van der Waals surface area contributed by atoms with E-state index in [0.29, 0.717) is 0 Å². The Morgan fingerprint density at radius 2 is 2.00 bits per heavy atom. The average molecular weight is 308 g/mol. The molecule has 2 aromatic rings. The lowest BCUT2D eigenvalue weighted by Gasteiger charge is -2.08. The molecule has 0 aliphatic rings. The van der Waals surface area contributed by atoms with Crippen LogP contribution in [-0.4, -0.2) is 34.1 Å². The van der Waals surface area contributed by atoms with E-state index in [2.05, 4.69) is 4.74 Å². The van der Waals surface area contributed by atoms with Gasteiger partial charge in [0.2, 0.25) is 5.76 Å². The van der Waals surface area contributed by atoms with Gasteiger partial charge >= 0.3 is 5.97 Å². The molecule has 0 radical (unpaired) electrons. The highest BCUT2D eigenvalue weighted by atomic mass is 32.1. The van der Waals surface area contributed by atoms with E-state index in [1.54, 1.807) is 24.5 Å². The summed E-state index contributed by atoms with van der Waals surface area (Å²) in [7, 11) is 4.32. The third-order valence-corrected chi connectivity index (χ3v) is 3.80. The van der Waals surface area contributed by atoms with E-state index in [1.807, 2.05) is 23.6 Å². The van der Waals surface area contributed by atoms with Crippen molar-refractivity contribution in [2.75, 3.05) is 28.1 Å². The van der Waals surface area contributed by atoms with Crippen LogP contribution in [0.15, 0.2) is 29.3 Å². The van der Waals surface area contributed by atoms with Crippen LogP contribution in [0.1, 0.15) is 5.56 Å². The van der Waals surface area contributed by atoms with Crippen LogP contribution >= 0.6 is 11.3 Å². The van der Waals surface area contributed by atoms with Gasteiger partial charge in [0.25, 0.3) is 0 Å². The molecule has 0 N–H and O–H groups in total. The van der Waals surface area contributed by atoms with Gasteiger partial charge in [0.05, 0.1) is 14.2 Å². The van der Waals surface area contributed by atoms with Gasteiger partial charge in [-0.25, -0.2) is 4.79 Å². The third kappa shape index (κ3) is 3.34. The smallest absolute Gasteiger partial charge is 0.373 e. The van der Waals surface area contributed by atoms with E-state index in [1.165, 1.54) is 14.2 Å². The summed E-state index contributed by atoms with van der Waals surface area (Å²) in [5.74, 6) is 0.377. The molecule has 0 spiro atoms. The van der Waals surface area contributed by atoms with Gasteiger partial charge in [0.15, 0.2) is 6.79 Å². The lowest BCUT2D eigenvalue weighted by Crippen LogP contribution is -2.06. The van der Waals surface area contributed by atoms with Crippen LogP contribution in [0.5, 0.6) is 5.75 Å². The molecular formula is C15H16O5S. The number of hydrogen-bond donors (Lipinski definition) is 0. The van der Waals surface area contributed by atoms with E-state index in [4.69, 9.17) is 14.2 Å². The quantitative estimate of drug-likeness (QED) is 0.355. The van der Waals surface area contributed by atoms with Crippen molar-refractivity contribution in [3.63, 3.8) is 0 Å². The maximum Gasteiger partial charge on any atom is 0.373 e. The van der Waals surface area contributed by atoms with Crippen LogP contribution in [0.25, 0.3) is 16.2 Å². The summed E-state index contributed by atoms with van der Waals surface area (Å²) in [6.07, 6.45) is 1.66. The first-order valence-electron chi connectivity index (χ1n) is 6.17. The zero-order valence-corrected chi connectivity index (χ0v) is 12.9. The van der Waals surface area contributed by atoms with Crippen molar-refractivity contribution in [3.05, 3.63) is 34.9 Å². The molecule has 0 bridgehead atoms. The van der Waals surface area contributed by atoms with Gasteiger partial charge in [0.1, 0.15) is 5.75 Å². The molecule has 0 saturated heterocycles. The first-order valence-corrected chi connectivity index (χ1v) is 7.05. The SMILES string of the molecule is COCOc1ccc(/C=C(\OC)C(=O)OC)c2sccc12. The first kappa shape index (κ1) is 15.3. The van der Waals surface area contributed by atoms with Crippen molar-refractivity contribution in [1.29, 1.82) is 0 Å². The van der Waals surface area contributed by atoms with Crippen molar-refractivity contribution < 1.29 is 23.7 Å². The van der Waals surface area contributed by atoms with Gasteiger partial charge in [-0.3, -0.25) is 0 Å². The highest BCUT2D eigenvalue weighted by molar-refractivity contribution is 7.17. The van der Waals surface area contributed by atoms with Crippen LogP contribution in [0.4, 0.5) is 0 Å². The van der Waals surface area contributed by atoms with Crippen LogP contribution in [0.3, 0.4) is 0 Å². The molecule has 21 heavy (non-hydrogen) atoms. The number of carbonyl (C=O) groups is 1. The van der Waals surface area contributed by atoms with Gasteiger partial charge < -0.3 is 18.9 Å². The van der Waals surface area contributed by atoms with Crippen molar-refractivity contribution in [2.45, 2.75) is 0 Å². The van der Waals surface area contributed by atoms with Gasteiger partial charge in [-0.2, -0.15) is 0 Å². The minimum absolute atomic E-state index is 0.151. The Balaban J connectivity index is 2.44. The summed E-state index contributed by atoms with van der Waals surface area (Å²) in [4.78, 5) is 11.6. The maximum atomic E-state index is 11.6. The Morgan fingerprint density at radius 1 is 1.19 bits per heavy atom. The van der Waals surface area contributed by atoms with E-state index in [9.17, 15) is 4.79 Å². The zero-order chi connectivity index (χ0) is 15.2. The molecule has 0 fully saturated rings. The second kappa shape index (κ2) is 7.10. The maximum absolute atomic E-state index is 11.6. The molecular weight excluding hydrogens is 292 g/mol. The number of esters is 1. The number of rotatable bonds is 6.